The van der Waals surface area contributed by atoms with E-state index >= 15 is 0 Å². The van der Waals surface area contributed by atoms with E-state index in [0.717, 1.165) is 11.3 Å². The standard InChI is InChI=1S/C13H20N2O/c1-4-13(14,5-2)12(16)15-11-9-7-6-8-10(11)3/h6-9H,4-5,14H2,1-3H3,(H,15,16). The van der Waals surface area contributed by atoms with Crippen molar-refractivity contribution in [1.82, 2.24) is 0 Å². The van der Waals surface area contributed by atoms with Crippen LogP contribution in [0.25, 0.3) is 0 Å². The van der Waals surface area contributed by atoms with Crippen LogP contribution < -0.4 is 11.1 Å². The van der Waals surface area contributed by atoms with Gasteiger partial charge >= 0.3 is 0 Å². The van der Waals surface area contributed by atoms with E-state index in [2.05, 4.69) is 5.32 Å². The summed E-state index contributed by atoms with van der Waals surface area (Å²) in [6, 6.07) is 7.70. The Kier molecular flexibility index (Phi) is 4.07. The molecule has 1 aromatic rings. The minimum atomic E-state index is -0.762. The molecule has 0 unspecified atom stereocenters. The van der Waals surface area contributed by atoms with Gasteiger partial charge in [0, 0.05) is 5.69 Å². The molecule has 0 aliphatic heterocycles. The molecule has 0 saturated carbocycles. The molecule has 0 aliphatic rings. The first-order valence-electron chi connectivity index (χ1n) is 5.69. The van der Waals surface area contributed by atoms with Gasteiger partial charge < -0.3 is 11.1 Å². The minimum absolute atomic E-state index is 0.105. The molecule has 1 amide bonds. The second kappa shape index (κ2) is 5.12. The molecular formula is C13H20N2O. The fraction of sp³-hybridized carbons (Fsp3) is 0.462. The lowest BCUT2D eigenvalue weighted by Gasteiger charge is -2.25. The Hall–Kier alpha value is -1.35. The van der Waals surface area contributed by atoms with Crippen LogP contribution in [0.3, 0.4) is 0 Å². The molecule has 3 nitrogen and oxygen atoms in total. The summed E-state index contributed by atoms with van der Waals surface area (Å²) >= 11 is 0. The lowest BCUT2D eigenvalue weighted by molar-refractivity contribution is -0.121. The van der Waals surface area contributed by atoms with Crippen molar-refractivity contribution in [1.29, 1.82) is 0 Å². The monoisotopic (exact) mass is 220 g/mol. The van der Waals surface area contributed by atoms with Crippen LogP contribution in [0, 0.1) is 6.92 Å². The van der Waals surface area contributed by atoms with Gasteiger partial charge in [-0.3, -0.25) is 4.79 Å². The second-order valence-electron chi connectivity index (χ2n) is 4.13. The molecule has 3 heteroatoms. The van der Waals surface area contributed by atoms with Crippen molar-refractivity contribution >= 4 is 11.6 Å². The minimum Gasteiger partial charge on any atom is -0.324 e. The average molecular weight is 220 g/mol. The van der Waals surface area contributed by atoms with E-state index in [1.807, 2.05) is 45.0 Å². The average Bonchev–Trinajstić information content (AvgIpc) is 2.31. The first kappa shape index (κ1) is 12.7. The fourth-order valence-electron chi connectivity index (χ4n) is 1.53. The van der Waals surface area contributed by atoms with E-state index in [4.69, 9.17) is 5.73 Å². The Labute approximate surface area is 97.0 Å². The summed E-state index contributed by atoms with van der Waals surface area (Å²) in [6.07, 6.45) is 1.28. The van der Waals surface area contributed by atoms with Gasteiger partial charge in [0.25, 0.3) is 0 Å². The number of amides is 1. The number of carbonyl (C=O) groups is 1. The van der Waals surface area contributed by atoms with Gasteiger partial charge in [-0.2, -0.15) is 0 Å². The quantitative estimate of drug-likeness (QED) is 0.819. The van der Waals surface area contributed by atoms with Crippen LogP contribution in [0.15, 0.2) is 24.3 Å². The highest BCUT2D eigenvalue weighted by Crippen LogP contribution is 2.18. The van der Waals surface area contributed by atoms with Crippen LogP contribution in [0.1, 0.15) is 32.3 Å². The summed E-state index contributed by atoms with van der Waals surface area (Å²) in [4.78, 5) is 12.0. The number of benzene rings is 1. The summed E-state index contributed by atoms with van der Waals surface area (Å²) in [5, 5.41) is 2.89. The van der Waals surface area contributed by atoms with Gasteiger partial charge in [0.1, 0.15) is 0 Å². The van der Waals surface area contributed by atoms with Crippen molar-refractivity contribution in [2.24, 2.45) is 5.73 Å². The summed E-state index contributed by atoms with van der Waals surface area (Å²) in [5.41, 5.74) is 7.15. The van der Waals surface area contributed by atoms with E-state index in [1.165, 1.54) is 0 Å². The normalized spacial score (nSPS) is 11.2. The lowest BCUT2D eigenvalue weighted by Crippen LogP contribution is -2.50. The highest BCUT2D eigenvalue weighted by atomic mass is 16.2. The van der Waals surface area contributed by atoms with Crippen molar-refractivity contribution < 1.29 is 4.79 Å². The first-order chi connectivity index (χ1) is 7.53. The van der Waals surface area contributed by atoms with Gasteiger partial charge in [-0.1, -0.05) is 32.0 Å². The highest BCUT2D eigenvalue weighted by Gasteiger charge is 2.29. The molecule has 0 spiro atoms. The molecule has 1 aromatic carbocycles. The predicted molar refractivity (Wildman–Crippen MR) is 67.3 cm³/mol. The van der Waals surface area contributed by atoms with Gasteiger partial charge in [0.05, 0.1) is 5.54 Å². The third kappa shape index (κ3) is 2.61. The molecule has 0 saturated heterocycles. The van der Waals surface area contributed by atoms with E-state index in [-0.39, 0.29) is 5.91 Å². The maximum atomic E-state index is 12.0. The van der Waals surface area contributed by atoms with E-state index < -0.39 is 5.54 Å². The third-order valence-corrected chi connectivity index (χ3v) is 3.11. The van der Waals surface area contributed by atoms with E-state index in [1.54, 1.807) is 0 Å². The number of hydrogen-bond acceptors (Lipinski definition) is 2. The topological polar surface area (TPSA) is 55.1 Å². The molecule has 0 fully saturated rings. The fourth-order valence-corrected chi connectivity index (χ4v) is 1.53. The molecule has 3 N–H and O–H groups in total. The Morgan fingerprint density at radius 1 is 1.31 bits per heavy atom. The largest absolute Gasteiger partial charge is 0.324 e. The second-order valence-corrected chi connectivity index (χ2v) is 4.13. The van der Waals surface area contributed by atoms with Gasteiger partial charge in [0.15, 0.2) is 0 Å². The van der Waals surface area contributed by atoms with Crippen LogP contribution in [-0.2, 0) is 4.79 Å². The zero-order chi connectivity index (χ0) is 12.2. The number of carbonyl (C=O) groups excluding carboxylic acids is 1. The Bertz CT molecular complexity index is 370. The molecule has 0 heterocycles. The number of para-hydroxylation sites is 1. The number of rotatable bonds is 4. The van der Waals surface area contributed by atoms with Crippen molar-refractivity contribution in [3.63, 3.8) is 0 Å². The van der Waals surface area contributed by atoms with Crippen LogP contribution >= 0.6 is 0 Å². The lowest BCUT2D eigenvalue weighted by atomic mass is 9.93. The highest BCUT2D eigenvalue weighted by molar-refractivity contribution is 5.98. The van der Waals surface area contributed by atoms with E-state index in [9.17, 15) is 4.79 Å². The van der Waals surface area contributed by atoms with Crippen molar-refractivity contribution in [2.75, 3.05) is 5.32 Å². The summed E-state index contributed by atoms with van der Waals surface area (Å²) < 4.78 is 0. The molecular weight excluding hydrogens is 200 g/mol. The van der Waals surface area contributed by atoms with Crippen molar-refractivity contribution in [2.45, 2.75) is 39.2 Å². The van der Waals surface area contributed by atoms with E-state index in [0.29, 0.717) is 12.8 Å². The zero-order valence-electron chi connectivity index (χ0n) is 10.2. The van der Waals surface area contributed by atoms with Crippen LogP contribution in [0.5, 0.6) is 0 Å². The SMILES string of the molecule is CCC(N)(CC)C(=O)Nc1ccccc1C. The summed E-state index contributed by atoms with van der Waals surface area (Å²) in [6.45, 7) is 5.83. The van der Waals surface area contributed by atoms with Crippen LogP contribution in [0.4, 0.5) is 5.69 Å². The number of nitrogens with one attached hydrogen (secondary N) is 1. The maximum Gasteiger partial charge on any atom is 0.244 e. The molecule has 0 radical (unpaired) electrons. The molecule has 88 valence electrons. The Morgan fingerprint density at radius 2 is 1.88 bits per heavy atom. The molecule has 0 aromatic heterocycles. The molecule has 1 rings (SSSR count). The summed E-state index contributed by atoms with van der Waals surface area (Å²) in [5.74, 6) is -0.105. The molecule has 0 atom stereocenters. The smallest absolute Gasteiger partial charge is 0.244 e. The van der Waals surface area contributed by atoms with Crippen molar-refractivity contribution in [3.05, 3.63) is 29.8 Å². The van der Waals surface area contributed by atoms with Gasteiger partial charge in [-0.25, -0.2) is 0 Å². The Balaban J connectivity index is 2.83. The van der Waals surface area contributed by atoms with Crippen molar-refractivity contribution in [3.8, 4) is 0 Å². The van der Waals surface area contributed by atoms with Gasteiger partial charge in [0.2, 0.25) is 5.91 Å². The summed E-state index contributed by atoms with van der Waals surface area (Å²) in [7, 11) is 0. The first-order valence-corrected chi connectivity index (χ1v) is 5.69. The number of anilines is 1. The third-order valence-electron chi connectivity index (χ3n) is 3.11. The molecule has 16 heavy (non-hydrogen) atoms. The molecule has 0 bridgehead atoms. The number of hydrogen-bond donors (Lipinski definition) is 2. The predicted octanol–water partition coefficient (Wildman–Crippen LogP) is 2.45. The maximum absolute atomic E-state index is 12.0. The number of aryl methyl sites for hydroxylation is 1. The van der Waals surface area contributed by atoms with Crippen LogP contribution in [0.2, 0.25) is 0 Å². The molecule has 0 aliphatic carbocycles. The zero-order valence-corrected chi connectivity index (χ0v) is 10.2. The van der Waals surface area contributed by atoms with Crippen LogP contribution in [-0.4, -0.2) is 11.4 Å². The Morgan fingerprint density at radius 3 is 2.38 bits per heavy atom. The number of nitrogens with two attached hydrogens (primary N) is 1. The van der Waals surface area contributed by atoms with Gasteiger partial charge in [-0.15, -0.1) is 0 Å². The van der Waals surface area contributed by atoms with Gasteiger partial charge in [-0.05, 0) is 31.4 Å².